The van der Waals surface area contributed by atoms with E-state index in [0.29, 0.717) is 18.0 Å². The Morgan fingerprint density at radius 2 is 1.74 bits per heavy atom. The summed E-state index contributed by atoms with van der Waals surface area (Å²) in [6.07, 6.45) is 1.87. The molecular formula is C20H24N2O4S. The number of methoxy groups -OCH3 is 2. The van der Waals surface area contributed by atoms with Gasteiger partial charge in [-0.1, -0.05) is 30.3 Å². The van der Waals surface area contributed by atoms with E-state index in [-0.39, 0.29) is 17.1 Å². The van der Waals surface area contributed by atoms with Crippen LogP contribution >= 0.6 is 0 Å². The molecule has 0 amide bonds. The molecule has 2 aliphatic rings. The third kappa shape index (κ3) is 3.09. The first kappa shape index (κ1) is 18.3. The number of hydrogen-bond acceptors (Lipinski definition) is 5. The topological polar surface area (TPSA) is 59.1 Å². The lowest BCUT2D eigenvalue weighted by Gasteiger charge is -2.29. The van der Waals surface area contributed by atoms with Crippen LogP contribution in [0.15, 0.2) is 53.4 Å². The summed E-state index contributed by atoms with van der Waals surface area (Å²) < 4.78 is 39.2. The van der Waals surface area contributed by atoms with E-state index in [0.717, 1.165) is 24.9 Å². The predicted molar refractivity (Wildman–Crippen MR) is 102 cm³/mol. The molecule has 0 bridgehead atoms. The summed E-state index contributed by atoms with van der Waals surface area (Å²) in [6, 6.07) is 14.9. The molecule has 2 atom stereocenters. The second-order valence-corrected chi connectivity index (χ2v) is 8.80. The summed E-state index contributed by atoms with van der Waals surface area (Å²) in [5.41, 5.74) is 1.01. The summed E-state index contributed by atoms with van der Waals surface area (Å²) in [5.74, 6) is 0.924. The largest absolute Gasteiger partial charge is 0.493 e. The molecule has 2 aromatic carbocycles. The molecular weight excluding hydrogens is 364 g/mol. The van der Waals surface area contributed by atoms with Crippen LogP contribution in [0.1, 0.15) is 24.6 Å². The van der Waals surface area contributed by atoms with E-state index in [1.807, 2.05) is 30.3 Å². The highest BCUT2D eigenvalue weighted by Gasteiger charge is 2.48. The molecule has 4 rings (SSSR count). The average molecular weight is 388 g/mol. The molecule has 144 valence electrons. The quantitative estimate of drug-likeness (QED) is 0.788. The van der Waals surface area contributed by atoms with Crippen molar-refractivity contribution in [1.29, 1.82) is 0 Å². The van der Waals surface area contributed by atoms with E-state index in [4.69, 9.17) is 9.47 Å². The van der Waals surface area contributed by atoms with Crippen LogP contribution in [-0.4, -0.2) is 51.0 Å². The van der Waals surface area contributed by atoms with Gasteiger partial charge < -0.3 is 9.47 Å². The van der Waals surface area contributed by atoms with Gasteiger partial charge in [-0.15, -0.1) is 0 Å². The van der Waals surface area contributed by atoms with Crippen LogP contribution < -0.4 is 9.47 Å². The molecule has 0 saturated carbocycles. The van der Waals surface area contributed by atoms with Crippen molar-refractivity contribution < 1.29 is 17.9 Å². The van der Waals surface area contributed by atoms with Gasteiger partial charge in [0.2, 0.25) is 10.0 Å². The SMILES string of the molecule is COc1ccc(S(=O)(=O)N2CC3CCCN3C2c2ccccc2)cc1OC. The fourth-order valence-corrected chi connectivity index (χ4v) is 5.81. The van der Waals surface area contributed by atoms with E-state index >= 15 is 0 Å². The number of rotatable bonds is 5. The van der Waals surface area contributed by atoms with E-state index in [2.05, 4.69) is 4.90 Å². The van der Waals surface area contributed by atoms with Gasteiger partial charge in [-0.2, -0.15) is 4.31 Å². The van der Waals surface area contributed by atoms with Crippen LogP contribution in [-0.2, 0) is 10.0 Å². The third-order valence-electron chi connectivity index (χ3n) is 5.46. The summed E-state index contributed by atoms with van der Waals surface area (Å²) >= 11 is 0. The Labute approximate surface area is 160 Å². The normalized spacial score (nSPS) is 23.3. The molecule has 2 aromatic rings. The van der Waals surface area contributed by atoms with E-state index in [1.54, 1.807) is 22.5 Å². The van der Waals surface area contributed by atoms with Crippen LogP contribution in [0, 0.1) is 0 Å². The van der Waals surface area contributed by atoms with Crippen molar-refractivity contribution >= 4 is 10.0 Å². The Morgan fingerprint density at radius 3 is 2.44 bits per heavy atom. The molecule has 2 aliphatic heterocycles. The second kappa shape index (κ2) is 7.14. The lowest BCUT2D eigenvalue weighted by molar-refractivity contribution is 0.198. The van der Waals surface area contributed by atoms with Gasteiger partial charge in [-0.3, -0.25) is 4.90 Å². The zero-order valence-corrected chi connectivity index (χ0v) is 16.4. The molecule has 0 radical (unpaired) electrons. The monoisotopic (exact) mass is 388 g/mol. The first-order valence-electron chi connectivity index (χ1n) is 9.11. The highest BCUT2D eigenvalue weighted by Crippen LogP contribution is 2.42. The van der Waals surface area contributed by atoms with E-state index in [1.165, 1.54) is 14.2 Å². The first-order chi connectivity index (χ1) is 13.1. The van der Waals surface area contributed by atoms with Gasteiger partial charge in [0.05, 0.1) is 19.1 Å². The summed E-state index contributed by atoms with van der Waals surface area (Å²) in [4.78, 5) is 2.54. The third-order valence-corrected chi connectivity index (χ3v) is 7.28. The molecule has 27 heavy (non-hydrogen) atoms. The Kier molecular flexibility index (Phi) is 4.84. The van der Waals surface area contributed by atoms with Crippen molar-refractivity contribution in [2.24, 2.45) is 0 Å². The number of fused-ring (bicyclic) bond motifs is 1. The maximum absolute atomic E-state index is 13.5. The zero-order chi connectivity index (χ0) is 19.0. The number of nitrogens with zero attached hydrogens (tertiary/aromatic N) is 2. The van der Waals surface area contributed by atoms with Gasteiger partial charge in [-0.05, 0) is 30.5 Å². The highest BCUT2D eigenvalue weighted by atomic mass is 32.2. The summed E-state index contributed by atoms with van der Waals surface area (Å²) in [7, 11) is -0.638. The molecule has 0 spiro atoms. The minimum Gasteiger partial charge on any atom is -0.493 e. The maximum Gasteiger partial charge on any atom is 0.244 e. The van der Waals surface area contributed by atoms with Crippen LogP contribution in [0.2, 0.25) is 0 Å². The average Bonchev–Trinajstić information content (AvgIpc) is 3.29. The van der Waals surface area contributed by atoms with Gasteiger partial charge in [0.1, 0.15) is 6.17 Å². The van der Waals surface area contributed by atoms with Crippen molar-refractivity contribution in [2.45, 2.75) is 29.9 Å². The first-order valence-corrected chi connectivity index (χ1v) is 10.5. The predicted octanol–water partition coefficient (Wildman–Crippen LogP) is 2.87. The van der Waals surface area contributed by atoms with Crippen LogP contribution in [0.5, 0.6) is 11.5 Å². The molecule has 0 aromatic heterocycles. The summed E-state index contributed by atoms with van der Waals surface area (Å²) in [6.45, 7) is 1.43. The van der Waals surface area contributed by atoms with Crippen molar-refractivity contribution in [3.63, 3.8) is 0 Å². The molecule has 2 fully saturated rings. The highest BCUT2D eigenvalue weighted by molar-refractivity contribution is 7.89. The van der Waals surface area contributed by atoms with Gasteiger partial charge in [-0.25, -0.2) is 8.42 Å². The minimum atomic E-state index is -3.68. The van der Waals surface area contributed by atoms with Gasteiger partial charge in [0.15, 0.2) is 11.5 Å². The number of sulfonamides is 1. The van der Waals surface area contributed by atoms with Crippen LogP contribution in [0.4, 0.5) is 0 Å². The van der Waals surface area contributed by atoms with Crippen LogP contribution in [0.25, 0.3) is 0 Å². The van der Waals surface area contributed by atoms with Crippen molar-refractivity contribution in [2.75, 3.05) is 27.3 Å². The number of benzene rings is 2. The molecule has 2 saturated heterocycles. The number of ether oxygens (including phenoxy) is 2. The Morgan fingerprint density at radius 1 is 1.00 bits per heavy atom. The van der Waals surface area contributed by atoms with E-state index in [9.17, 15) is 8.42 Å². The maximum atomic E-state index is 13.5. The lowest BCUT2D eigenvalue weighted by Crippen LogP contribution is -2.35. The number of hydrogen-bond donors (Lipinski definition) is 0. The standard InChI is InChI=1S/C20H24N2O4S/c1-25-18-11-10-17(13-19(18)26-2)27(23,24)22-14-16-9-6-12-21(16)20(22)15-7-4-3-5-8-15/h3-5,7-8,10-11,13,16,20H,6,9,12,14H2,1-2H3. The van der Waals surface area contributed by atoms with Crippen LogP contribution in [0.3, 0.4) is 0 Å². The van der Waals surface area contributed by atoms with Gasteiger partial charge in [0.25, 0.3) is 0 Å². The second-order valence-electron chi connectivity index (χ2n) is 6.91. The summed E-state index contributed by atoms with van der Waals surface area (Å²) in [5, 5.41) is 0. The molecule has 7 heteroatoms. The Balaban J connectivity index is 1.76. The minimum absolute atomic E-state index is 0.224. The molecule has 2 unspecified atom stereocenters. The van der Waals surface area contributed by atoms with Crippen molar-refractivity contribution in [3.05, 3.63) is 54.1 Å². The van der Waals surface area contributed by atoms with Gasteiger partial charge >= 0.3 is 0 Å². The zero-order valence-electron chi connectivity index (χ0n) is 15.5. The van der Waals surface area contributed by atoms with Crippen molar-refractivity contribution in [3.8, 4) is 11.5 Å². The fourth-order valence-electron chi connectivity index (χ4n) is 4.17. The van der Waals surface area contributed by atoms with Crippen molar-refractivity contribution in [1.82, 2.24) is 9.21 Å². The smallest absolute Gasteiger partial charge is 0.244 e. The fraction of sp³-hybridized carbons (Fsp3) is 0.400. The molecule has 0 aliphatic carbocycles. The molecule has 6 nitrogen and oxygen atoms in total. The Hall–Kier alpha value is -2.09. The lowest BCUT2D eigenvalue weighted by atomic mass is 10.1. The molecule has 0 N–H and O–H groups in total. The van der Waals surface area contributed by atoms with E-state index < -0.39 is 10.0 Å². The molecule has 2 heterocycles. The Bertz CT molecular complexity index is 917. The van der Waals surface area contributed by atoms with Gasteiger partial charge in [0, 0.05) is 25.2 Å².